The fourth-order valence-electron chi connectivity index (χ4n) is 13.4. The third kappa shape index (κ3) is 13.0. The molecule has 4 atom stereocenters. The summed E-state index contributed by atoms with van der Waals surface area (Å²) < 4.78 is 0. The molecule has 0 spiro atoms. The summed E-state index contributed by atoms with van der Waals surface area (Å²) in [6, 6.07) is 31.5. The molecule has 4 rings (SSSR count). The number of hydrogen-bond acceptors (Lipinski definition) is 0. The van der Waals surface area contributed by atoms with Gasteiger partial charge in [0.25, 0.3) is 0 Å². The first-order valence-electron chi connectivity index (χ1n) is 28.9. The van der Waals surface area contributed by atoms with Crippen LogP contribution >= 0.6 is 37.0 Å². The zero-order valence-electron chi connectivity index (χ0n) is 55.8. The van der Waals surface area contributed by atoms with Crippen molar-refractivity contribution in [2.45, 2.75) is 259 Å². The molecule has 0 aliphatic rings. The zero-order valence-corrected chi connectivity index (χ0v) is 61.4. The van der Waals surface area contributed by atoms with Gasteiger partial charge in [-0.15, -0.1) is 37.0 Å². The standard InChI is InChI=1S/C44H68P2.C27H52P2Si/c1-37(2,3)31-23-19-29(20-24-31)33-27-35(43(45,39(7,8)9)40(10,11)12)36(44(46,41(13,14)15)42(16,17)18)28-34(33)30-21-25-32(26-22-30)38(4,5)6;1-22(2,3)26(28,23(4,5)6)20-17-16-19(30(13,14)15)18-21(20)27(29,24(7,8)9)25(10,11)12/h19-28H,45-46H2,1-18H3;16-18H,28-29H2,1-15H3. The summed E-state index contributed by atoms with van der Waals surface area (Å²) in [6.07, 6.45) is 0. The Morgan fingerprint density at radius 3 is 0.671 bits per heavy atom. The van der Waals surface area contributed by atoms with E-state index in [4.69, 9.17) is 0 Å². The minimum Gasteiger partial charge on any atom is -0.125 e. The van der Waals surface area contributed by atoms with E-state index in [1.807, 2.05) is 0 Å². The molecule has 4 aromatic rings. The molecule has 0 fully saturated rings. The van der Waals surface area contributed by atoms with E-state index in [0.717, 1.165) is 0 Å². The summed E-state index contributed by atoms with van der Waals surface area (Å²) in [6.45, 7) is 79.1. The number of rotatable bonds is 7. The van der Waals surface area contributed by atoms with Crippen LogP contribution in [-0.4, -0.2) is 8.07 Å². The van der Waals surface area contributed by atoms with Gasteiger partial charge in [0.2, 0.25) is 0 Å². The molecule has 0 saturated heterocycles. The van der Waals surface area contributed by atoms with E-state index in [1.165, 1.54) is 55.6 Å². The molecule has 0 nitrogen and oxygen atoms in total. The molecule has 0 saturated carbocycles. The van der Waals surface area contributed by atoms with Gasteiger partial charge in [0.15, 0.2) is 0 Å². The SMILES string of the molecule is CC(C)(C)C(P)(c1ccc([Si](C)(C)C)cc1C(P)(C(C)(C)C)C(C)(C)C)C(C)(C)C.CC(C)(C)c1ccc(-c2cc(C(P)(C(C)(C)C)C(C)(C)C)c(C(P)(C(C)(C)C)C(C)(C)C)cc2-c2ccc(C(C)(C)C)cc2)cc1. The Morgan fingerprint density at radius 2 is 0.474 bits per heavy atom. The van der Waals surface area contributed by atoms with Crippen molar-refractivity contribution in [3.63, 3.8) is 0 Å². The Labute approximate surface area is 483 Å². The lowest BCUT2D eigenvalue weighted by Gasteiger charge is -2.57. The van der Waals surface area contributed by atoms with Gasteiger partial charge in [-0.3, -0.25) is 0 Å². The van der Waals surface area contributed by atoms with Gasteiger partial charge in [-0.1, -0.05) is 299 Å². The lowest BCUT2D eigenvalue weighted by Crippen LogP contribution is -2.52. The van der Waals surface area contributed by atoms with Gasteiger partial charge < -0.3 is 0 Å². The monoisotopic (exact) mass is 1120 g/mol. The minimum atomic E-state index is -1.45. The Kier molecular flexibility index (Phi) is 19.6. The lowest BCUT2D eigenvalue weighted by molar-refractivity contribution is 0.118. The Morgan fingerprint density at radius 1 is 0.263 bits per heavy atom. The van der Waals surface area contributed by atoms with Crippen LogP contribution in [0.25, 0.3) is 22.3 Å². The van der Waals surface area contributed by atoms with Gasteiger partial charge >= 0.3 is 0 Å². The quantitative estimate of drug-likeness (QED) is 0.128. The molecule has 5 heteroatoms. The molecular formula is C71H120P4Si. The van der Waals surface area contributed by atoms with Crippen LogP contribution in [0.4, 0.5) is 0 Å². The van der Waals surface area contributed by atoms with E-state index >= 15 is 0 Å². The molecule has 0 aromatic heterocycles. The van der Waals surface area contributed by atoms with Gasteiger partial charge in [-0.05, 0) is 122 Å². The smallest absolute Gasteiger partial charge is 0.0776 e. The van der Waals surface area contributed by atoms with Crippen LogP contribution < -0.4 is 5.19 Å². The predicted molar refractivity (Wildman–Crippen MR) is 365 cm³/mol. The lowest BCUT2D eigenvalue weighted by atomic mass is 9.56. The van der Waals surface area contributed by atoms with Crippen LogP contribution in [0.5, 0.6) is 0 Å². The van der Waals surface area contributed by atoms with E-state index in [2.05, 4.69) is 343 Å². The summed E-state index contributed by atoms with van der Waals surface area (Å²) in [5, 5.41) is 0.983. The Hall–Kier alpha value is -1.18. The van der Waals surface area contributed by atoms with E-state index in [0.29, 0.717) is 0 Å². The second kappa shape index (κ2) is 21.5. The first-order chi connectivity index (χ1) is 33.2. The maximum atomic E-state index is 3.43. The molecule has 0 bridgehead atoms. The highest BCUT2D eigenvalue weighted by Gasteiger charge is 2.57. The predicted octanol–water partition coefficient (Wildman–Crippen LogP) is 22.5. The van der Waals surface area contributed by atoms with Crippen molar-refractivity contribution in [1.82, 2.24) is 0 Å². The van der Waals surface area contributed by atoms with Gasteiger partial charge in [-0.25, -0.2) is 0 Å². The Balaban J connectivity index is 0.000000439. The van der Waals surface area contributed by atoms with E-state index in [-0.39, 0.29) is 74.8 Å². The maximum absolute atomic E-state index is 3.43. The first-order valence-corrected chi connectivity index (χ1v) is 34.7. The molecule has 0 heterocycles. The van der Waals surface area contributed by atoms with Crippen molar-refractivity contribution in [2.24, 2.45) is 43.3 Å². The zero-order chi connectivity index (χ0) is 60.0. The number of hydrogen-bond donors (Lipinski definition) is 0. The second-order valence-corrected chi connectivity index (χ2v) is 43.4. The molecule has 0 aliphatic heterocycles. The highest BCUT2D eigenvalue weighted by Crippen LogP contribution is 2.67. The van der Waals surface area contributed by atoms with Crippen LogP contribution in [-0.2, 0) is 31.5 Å². The van der Waals surface area contributed by atoms with Crippen LogP contribution in [0.2, 0.25) is 19.6 Å². The van der Waals surface area contributed by atoms with Crippen molar-refractivity contribution in [1.29, 1.82) is 0 Å². The molecule has 4 unspecified atom stereocenters. The van der Waals surface area contributed by atoms with Crippen molar-refractivity contribution in [3.8, 4) is 22.3 Å². The van der Waals surface area contributed by atoms with Crippen molar-refractivity contribution in [3.05, 3.63) is 112 Å². The molecule has 0 amide bonds. The average Bonchev–Trinajstić information content (AvgIpc) is 3.20. The summed E-state index contributed by atoms with van der Waals surface area (Å²) in [5.74, 6) is 0. The summed E-state index contributed by atoms with van der Waals surface area (Å²) >= 11 is 0. The minimum absolute atomic E-state index is 0.0325. The summed E-state index contributed by atoms with van der Waals surface area (Å²) in [4.78, 5) is 0. The van der Waals surface area contributed by atoms with Crippen LogP contribution in [0.3, 0.4) is 0 Å². The van der Waals surface area contributed by atoms with E-state index < -0.39 is 8.07 Å². The normalized spacial score (nSPS) is 14.9. The summed E-state index contributed by atoms with van der Waals surface area (Å²) in [7, 11) is 12.1. The number of benzene rings is 4. The molecule has 0 aliphatic carbocycles. The van der Waals surface area contributed by atoms with Gasteiger partial charge in [0.05, 0.1) is 8.07 Å². The molecular weight excluding hydrogens is 1000 g/mol. The van der Waals surface area contributed by atoms with Gasteiger partial charge in [0, 0.05) is 20.6 Å². The van der Waals surface area contributed by atoms with Crippen molar-refractivity contribution < 1.29 is 0 Å². The fourth-order valence-corrected chi connectivity index (χ4v) is 15.6. The van der Waals surface area contributed by atoms with Gasteiger partial charge in [-0.2, -0.15) is 0 Å². The fraction of sp³-hybridized carbons (Fsp3) is 0.662. The largest absolute Gasteiger partial charge is 0.125 e. The highest BCUT2D eigenvalue weighted by molar-refractivity contribution is 7.20. The molecule has 0 radical (unpaired) electrons. The van der Waals surface area contributed by atoms with E-state index in [1.54, 1.807) is 5.19 Å². The third-order valence-corrected chi connectivity index (χ3v) is 28.5. The average molecular weight is 1130 g/mol. The maximum Gasteiger partial charge on any atom is 0.0776 e. The van der Waals surface area contributed by atoms with Crippen LogP contribution in [0.1, 0.15) is 241 Å². The highest BCUT2D eigenvalue weighted by atomic mass is 31.0. The van der Waals surface area contributed by atoms with Gasteiger partial charge in [0.1, 0.15) is 0 Å². The molecule has 428 valence electrons. The molecule has 0 N–H and O–H groups in total. The molecule has 76 heavy (non-hydrogen) atoms. The third-order valence-electron chi connectivity index (χ3n) is 18.3. The molecule has 4 aromatic carbocycles. The topological polar surface area (TPSA) is 0 Å². The summed E-state index contributed by atoms with van der Waals surface area (Å²) in [5.41, 5.74) is 14.2. The first kappa shape index (κ1) is 69.1. The van der Waals surface area contributed by atoms with Crippen molar-refractivity contribution >= 4 is 50.2 Å². The van der Waals surface area contributed by atoms with Crippen molar-refractivity contribution in [2.75, 3.05) is 0 Å². The van der Waals surface area contributed by atoms with Crippen LogP contribution in [0.15, 0.2) is 78.9 Å². The van der Waals surface area contributed by atoms with E-state index in [9.17, 15) is 0 Å². The van der Waals surface area contributed by atoms with Crippen LogP contribution in [0, 0.1) is 43.3 Å². The Bertz CT molecular complexity index is 2440. The second-order valence-electron chi connectivity index (χ2n) is 34.8.